The molecule has 28 heavy (non-hydrogen) atoms. The molecule has 3 fully saturated rings. The predicted molar refractivity (Wildman–Crippen MR) is 102 cm³/mol. The van der Waals surface area contributed by atoms with Gasteiger partial charge < -0.3 is 15.1 Å². The standard InChI is InChI=1S/C18H24F2N8/c19-18(20)5-9-28(10-6-18)17-23-15(22-16(24-17)27-7-1-2-8-27)21-14-11-13(25-26-14)12-3-4-12/h11-12H,1-10H2,(H2,21,22,23,24,25,26). The Bertz CT molecular complexity index is 834. The lowest BCUT2D eigenvalue weighted by atomic mass is 10.1. The van der Waals surface area contributed by atoms with E-state index in [4.69, 9.17) is 0 Å². The molecule has 0 atom stereocenters. The lowest BCUT2D eigenvalue weighted by Crippen LogP contribution is -2.40. The average molecular weight is 390 g/mol. The number of hydrogen-bond acceptors (Lipinski definition) is 7. The molecule has 0 aromatic carbocycles. The van der Waals surface area contributed by atoms with E-state index in [0.717, 1.165) is 31.6 Å². The van der Waals surface area contributed by atoms with E-state index in [1.807, 2.05) is 11.0 Å². The molecule has 150 valence electrons. The van der Waals surface area contributed by atoms with Gasteiger partial charge in [-0.15, -0.1) is 0 Å². The molecular weight excluding hydrogens is 366 g/mol. The Balaban J connectivity index is 1.40. The van der Waals surface area contributed by atoms with E-state index in [1.165, 1.54) is 12.8 Å². The van der Waals surface area contributed by atoms with Crippen LogP contribution in [0.25, 0.3) is 0 Å². The van der Waals surface area contributed by atoms with Gasteiger partial charge in [0.1, 0.15) is 0 Å². The normalized spacial score (nSPS) is 21.9. The van der Waals surface area contributed by atoms with Crippen LogP contribution < -0.4 is 15.1 Å². The molecule has 0 bridgehead atoms. The van der Waals surface area contributed by atoms with Gasteiger partial charge in [-0.25, -0.2) is 8.78 Å². The summed E-state index contributed by atoms with van der Waals surface area (Å²) in [5, 5.41) is 10.5. The Morgan fingerprint density at radius 1 is 0.964 bits per heavy atom. The van der Waals surface area contributed by atoms with Gasteiger partial charge in [0, 0.05) is 56.7 Å². The maximum absolute atomic E-state index is 13.5. The van der Waals surface area contributed by atoms with Crippen LogP contribution in [0, 0.1) is 0 Å². The summed E-state index contributed by atoms with van der Waals surface area (Å²) in [5.41, 5.74) is 1.12. The van der Waals surface area contributed by atoms with Crippen LogP contribution in [-0.2, 0) is 0 Å². The van der Waals surface area contributed by atoms with Gasteiger partial charge in [-0.1, -0.05) is 0 Å². The molecule has 1 aliphatic carbocycles. The van der Waals surface area contributed by atoms with Crippen LogP contribution in [-0.4, -0.2) is 57.3 Å². The number of halogens is 2. The topological polar surface area (TPSA) is 85.9 Å². The van der Waals surface area contributed by atoms with E-state index >= 15 is 0 Å². The van der Waals surface area contributed by atoms with Crippen molar-refractivity contribution in [3.05, 3.63) is 11.8 Å². The number of rotatable bonds is 5. The van der Waals surface area contributed by atoms with Crippen LogP contribution in [0.2, 0.25) is 0 Å². The first kappa shape index (κ1) is 17.6. The molecule has 2 aliphatic heterocycles. The van der Waals surface area contributed by atoms with Crippen molar-refractivity contribution < 1.29 is 8.78 Å². The molecule has 0 radical (unpaired) electrons. The molecule has 0 unspecified atom stereocenters. The van der Waals surface area contributed by atoms with Crippen molar-refractivity contribution >= 4 is 23.7 Å². The number of piperidine rings is 1. The molecule has 2 N–H and O–H groups in total. The number of H-pyrrole nitrogens is 1. The predicted octanol–water partition coefficient (Wildman–Crippen LogP) is 3.05. The van der Waals surface area contributed by atoms with E-state index in [0.29, 0.717) is 29.6 Å². The van der Waals surface area contributed by atoms with Gasteiger partial charge in [0.2, 0.25) is 17.8 Å². The maximum atomic E-state index is 13.5. The Morgan fingerprint density at radius 3 is 2.25 bits per heavy atom. The molecule has 8 nitrogen and oxygen atoms in total. The van der Waals surface area contributed by atoms with E-state index in [-0.39, 0.29) is 25.9 Å². The van der Waals surface area contributed by atoms with Crippen LogP contribution in [0.1, 0.15) is 50.1 Å². The fraction of sp³-hybridized carbons (Fsp3) is 0.667. The summed E-state index contributed by atoms with van der Waals surface area (Å²) < 4.78 is 27.1. The zero-order valence-corrected chi connectivity index (χ0v) is 15.7. The molecule has 1 saturated carbocycles. The molecule has 2 aromatic rings. The fourth-order valence-electron chi connectivity index (χ4n) is 3.76. The number of anilines is 4. The number of aromatic amines is 1. The summed E-state index contributed by atoms with van der Waals surface area (Å²) in [6, 6.07) is 1.98. The molecule has 10 heteroatoms. The maximum Gasteiger partial charge on any atom is 0.251 e. The van der Waals surface area contributed by atoms with Crippen molar-refractivity contribution in [1.82, 2.24) is 25.1 Å². The third-order valence-electron chi connectivity index (χ3n) is 5.63. The quantitative estimate of drug-likeness (QED) is 0.811. The summed E-state index contributed by atoms with van der Waals surface area (Å²) in [6.07, 6.45) is 4.23. The first-order chi connectivity index (χ1) is 13.6. The third kappa shape index (κ3) is 3.72. The van der Waals surface area contributed by atoms with Crippen molar-refractivity contribution in [3.8, 4) is 0 Å². The second-order valence-electron chi connectivity index (χ2n) is 7.90. The first-order valence-corrected chi connectivity index (χ1v) is 10.0. The van der Waals surface area contributed by atoms with Crippen LogP contribution in [0.4, 0.5) is 32.4 Å². The number of alkyl halides is 2. The van der Waals surface area contributed by atoms with Gasteiger partial charge in [0.25, 0.3) is 5.92 Å². The van der Waals surface area contributed by atoms with Crippen molar-refractivity contribution in [2.45, 2.75) is 50.4 Å². The molecule has 2 aromatic heterocycles. The summed E-state index contributed by atoms with van der Waals surface area (Å²) in [6.45, 7) is 2.28. The van der Waals surface area contributed by atoms with Crippen molar-refractivity contribution in [3.63, 3.8) is 0 Å². The van der Waals surface area contributed by atoms with Crippen LogP contribution in [0.3, 0.4) is 0 Å². The largest absolute Gasteiger partial charge is 0.341 e. The summed E-state index contributed by atoms with van der Waals surface area (Å²) >= 11 is 0. The van der Waals surface area contributed by atoms with Crippen molar-refractivity contribution in [1.29, 1.82) is 0 Å². The Hall–Kier alpha value is -2.52. The number of nitrogens with one attached hydrogen (secondary N) is 2. The van der Waals surface area contributed by atoms with E-state index < -0.39 is 5.92 Å². The number of hydrogen-bond donors (Lipinski definition) is 2. The zero-order chi connectivity index (χ0) is 19.1. The van der Waals surface area contributed by atoms with E-state index in [1.54, 1.807) is 0 Å². The second kappa shape index (κ2) is 6.82. The van der Waals surface area contributed by atoms with Gasteiger partial charge >= 0.3 is 0 Å². The lowest BCUT2D eigenvalue weighted by Gasteiger charge is -2.32. The average Bonchev–Trinajstić information content (AvgIpc) is 3.17. The molecule has 2 saturated heterocycles. The highest BCUT2D eigenvalue weighted by Crippen LogP contribution is 2.39. The minimum atomic E-state index is -2.60. The smallest absolute Gasteiger partial charge is 0.251 e. The van der Waals surface area contributed by atoms with Crippen LogP contribution >= 0.6 is 0 Å². The van der Waals surface area contributed by atoms with Gasteiger partial charge in [0.05, 0.1) is 0 Å². The minimum absolute atomic E-state index is 0.176. The first-order valence-electron chi connectivity index (χ1n) is 10.0. The van der Waals surface area contributed by atoms with Crippen molar-refractivity contribution in [2.24, 2.45) is 0 Å². The van der Waals surface area contributed by atoms with Gasteiger partial charge in [-0.2, -0.15) is 20.1 Å². The van der Waals surface area contributed by atoms with Crippen LogP contribution in [0.5, 0.6) is 0 Å². The highest BCUT2D eigenvalue weighted by atomic mass is 19.3. The van der Waals surface area contributed by atoms with Crippen LogP contribution in [0.15, 0.2) is 6.07 Å². The van der Waals surface area contributed by atoms with E-state index in [2.05, 4.69) is 35.4 Å². The lowest BCUT2D eigenvalue weighted by molar-refractivity contribution is -0.0222. The van der Waals surface area contributed by atoms with E-state index in [9.17, 15) is 8.78 Å². The van der Waals surface area contributed by atoms with Gasteiger partial charge in [-0.3, -0.25) is 5.10 Å². The summed E-state index contributed by atoms with van der Waals surface area (Å²) in [7, 11) is 0. The Labute approximate surface area is 161 Å². The molecule has 3 aliphatic rings. The Morgan fingerprint density at radius 2 is 1.61 bits per heavy atom. The fourth-order valence-corrected chi connectivity index (χ4v) is 3.76. The molecule has 0 amide bonds. The Kier molecular flexibility index (Phi) is 4.28. The minimum Gasteiger partial charge on any atom is -0.341 e. The monoisotopic (exact) mass is 390 g/mol. The summed E-state index contributed by atoms with van der Waals surface area (Å²) in [4.78, 5) is 17.6. The number of aromatic nitrogens is 5. The second-order valence-corrected chi connectivity index (χ2v) is 7.90. The summed E-state index contributed by atoms with van der Waals surface area (Å²) in [5.74, 6) is 0.0892. The number of nitrogens with zero attached hydrogens (tertiary/aromatic N) is 6. The highest BCUT2D eigenvalue weighted by Gasteiger charge is 2.35. The molecule has 4 heterocycles. The molecular formula is C18H24F2N8. The molecule has 5 rings (SSSR count). The zero-order valence-electron chi connectivity index (χ0n) is 15.7. The van der Waals surface area contributed by atoms with Crippen molar-refractivity contribution in [2.75, 3.05) is 41.3 Å². The third-order valence-corrected chi connectivity index (χ3v) is 5.63. The van der Waals surface area contributed by atoms with Gasteiger partial charge in [0.15, 0.2) is 5.82 Å². The van der Waals surface area contributed by atoms with Gasteiger partial charge in [-0.05, 0) is 25.7 Å². The SMILES string of the molecule is FC1(F)CCN(c2nc(Nc3cc(C4CC4)[nH]n3)nc(N3CCCC3)n2)CC1. The highest BCUT2D eigenvalue weighted by molar-refractivity contribution is 5.53. The molecule has 0 spiro atoms.